The van der Waals surface area contributed by atoms with Gasteiger partial charge in [-0.2, -0.15) is 0 Å². The van der Waals surface area contributed by atoms with Gasteiger partial charge in [0.2, 0.25) is 5.91 Å². The Bertz CT molecular complexity index is 946. The highest BCUT2D eigenvalue weighted by Crippen LogP contribution is 2.27. The van der Waals surface area contributed by atoms with Crippen LogP contribution in [0.3, 0.4) is 0 Å². The Balaban J connectivity index is 1.45. The molecule has 1 fully saturated rings. The van der Waals surface area contributed by atoms with E-state index < -0.39 is 0 Å². The van der Waals surface area contributed by atoms with Crippen LogP contribution in [-0.4, -0.2) is 43.5 Å². The summed E-state index contributed by atoms with van der Waals surface area (Å²) in [6.45, 7) is 5.95. The Morgan fingerprint density at radius 2 is 1.43 bits per heavy atom. The third-order valence-corrected chi connectivity index (χ3v) is 5.76. The molecule has 4 rings (SSSR count). The van der Waals surface area contributed by atoms with E-state index in [1.165, 1.54) is 11.3 Å². The number of carbonyl (C=O) groups is 1. The molecule has 1 amide bonds. The van der Waals surface area contributed by atoms with Gasteiger partial charge in [0.15, 0.2) is 0 Å². The summed E-state index contributed by atoms with van der Waals surface area (Å²) < 4.78 is 0. The Labute approximate surface area is 183 Å². The molecule has 1 aliphatic heterocycles. The summed E-state index contributed by atoms with van der Waals surface area (Å²) in [5.41, 5.74) is 4.19. The van der Waals surface area contributed by atoms with E-state index in [4.69, 9.17) is 11.6 Å². The third kappa shape index (κ3) is 4.66. The van der Waals surface area contributed by atoms with Crippen LogP contribution >= 0.6 is 11.6 Å². The van der Waals surface area contributed by atoms with Crippen molar-refractivity contribution >= 4 is 34.6 Å². The predicted octanol–water partition coefficient (Wildman–Crippen LogP) is 5.14. The number of rotatable bonds is 5. The predicted molar refractivity (Wildman–Crippen MR) is 125 cm³/mol. The number of amides is 1. The number of benzene rings is 3. The van der Waals surface area contributed by atoms with Crippen molar-refractivity contribution in [3.8, 4) is 0 Å². The summed E-state index contributed by atoms with van der Waals surface area (Å²) >= 11 is 6.20. The average molecular weight is 420 g/mol. The molecular formula is C25H26ClN3O. The number of halogens is 1. The Morgan fingerprint density at radius 1 is 0.867 bits per heavy atom. The van der Waals surface area contributed by atoms with Gasteiger partial charge in [0.05, 0.1) is 6.54 Å². The molecule has 3 aromatic carbocycles. The molecule has 1 aliphatic rings. The van der Waals surface area contributed by atoms with E-state index in [1.807, 2.05) is 77.7 Å². The smallest absolute Gasteiger partial charge is 0.245 e. The number of hydrogen-bond donors (Lipinski definition) is 0. The van der Waals surface area contributed by atoms with E-state index in [2.05, 4.69) is 22.8 Å². The lowest BCUT2D eigenvalue weighted by Gasteiger charge is -2.37. The van der Waals surface area contributed by atoms with Crippen molar-refractivity contribution in [2.45, 2.75) is 6.92 Å². The summed E-state index contributed by atoms with van der Waals surface area (Å²) in [6.07, 6.45) is 0. The fourth-order valence-electron chi connectivity index (χ4n) is 3.92. The van der Waals surface area contributed by atoms with Crippen LogP contribution < -0.4 is 9.80 Å². The number of aryl methyl sites for hydroxylation is 1. The maximum absolute atomic E-state index is 13.3. The van der Waals surface area contributed by atoms with Crippen LogP contribution in [0, 0.1) is 6.92 Å². The minimum Gasteiger partial charge on any atom is -0.369 e. The van der Waals surface area contributed by atoms with Crippen molar-refractivity contribution in [1.29, 1.82) is 0 Å². The lowest BCUT2D eigenvalue weighted by molar-refractivity contribution is -0.119. The summed E-state index contributed by atoms with van der Waals surface area (Å²) in [5.74, 6) is 0.0831. The van der Waals surface area contributed by atoms with E-state index in [0.29, 0.717) is 6.54 Å². The molecule has 0 aromatic heterocycles. The van der Waals surface area contributed by atoms with Gasteiger partial charge in [-0.15, -0.1) is 0 Å². The first-order chi connectivity index (χ1) is 14.6. The molecular weight excluding hydrogens is 394 g/mol. The highest BCUT2D eigenvalue weighted by Gasteiger charge is 2.24. The zero-order valence-corrected chi connectivity index (χ0v) is 17.9. The van der Waals surface area contributed by atoms with Gasteiger partial charge in [0.1, 0.15) is 0 Å². The zero-order valence-electron chi connectivity index (χ0n) is 17.2. The molecule has 5 heteroatoms. The van der Waals surface area contributed by atoms with Gasteiger partial charge in [-0.05, 0) is 48.9 Å². The summed E-state index contributed by atoms with van der Waals surface area (Å²) in [4.78, 5) is 19.7. The monoisotopic (exact) mass is 419 g/mol. The van der Waals surface area contributed by atoms with Crippen LogP contribution in [0.2, 0.25) is 5.02 Å². The second-order valence-electron chi connectivity index (χ2n) is 7.59. The number of hydrogen-bond acceptors (Lipinski definition) is 3. The van der Waals surface area contributed by atoms with Crippen molar-refractivity contribution < 1.29 is 4.79 Å². The molecule has 0 aliphatic carbocycles. The lowest BCUT2D eigenvalue weighted by Crippen LogP contribution is -2.49. The second-order valence-corrected chi connectivity index (χ2v) is 8.03. The van der Waals surface area contributed by atoms with Crippen molar-refractivity contribution in [2.24, 2.45) is 0 Å². The van der Waals surface area contributed by atoms with Crippen LogP contribution in [0.15, 0.2) is 78.9 Å². The van der Waals surface area contributed by atoms with E-state index in [1.54, 1.807) is 0 Å². The molecule has 0 spiro atoms. The van der Waals surface area contributed by atoms with Gasteiger partial charge in [0.25, 0.3) is 0 Å². The van der Waals surface area contributed by atoms with Gasteiger partial charge in [-0.3, -0.25) is 14.6 Å². The number of carbonyl (C=O) groups excluding carboxylic acids is 1. The Hall–Kier alpha value is -2.82. The third-order valence-electron chi connectivity index (χ3n) is 5.52. The van der Waals surface area contributed by atoms with Gasteiger partial charge in [-0.25, -0.2) is 0 Å². The summed E-state index contributed by atoms with van der Waals surface area (Å²) in [7, 11) is 0. The van der Waals surface area contributed by atoms with Crippen molar-refractivity contribution in [2.75, 3.05) is 42.5 Å². The topological polar surface area (TPSA) is 26.8 Å². The molecule has 0 saturated carbocycles. The van der Waals surface area contributed by atoms with Crippen LogP contribution in [-0.2, 0) is 4.79 Å². The molecule has 0 bridgehead atoms. The van der Waals surface area contributed by atoms with Gasteiger partial charge >= 0.3 is 0 Å². The fraction of sp³-hybridized carbons (Fsp3) is 0.240. The standard InChI is InChI=1S/C25H26ClN3O/c1-20-12-13-21(26)18-24(20)28-16-14-27(15-17-28)19-25(30)29(22-8-4-2-5-9-22)23-10-6-3-7-11-23/h2-13,18H,14-17,19H2,1H3. The first kappa shape index (κ1) is 20.5. The highest BCUT2D eigenvalue weighted by molar-refractivity contribution is 6.30. The normalized spacial score (nSPS) is 14.5. The number of piperazine rings is 1. The van der Waals surface area contributed by atoms with E-state index >= 15 is 0 Å². The average Bonchev–Trinajstić information content (AvgIpc) is 2.78. The highest BCUT2D eigenvalue weighted by atomic mass is 35.5. The molecule has 0 unspecified atom stereocenters. The number of nitrogens with zero attached hydrogens (tertiary/aromatic N) is 3. The van der Waals surface area contributed by atoms with E-state index in [-0.39, 0.29) is 5.91 Å². The first-order valence-electron chi connectivity index (χ1n) is 10.3. The fourth-order valence-corrected chi connectivity index (χ4v) is 4.09. The molecule has 0 N–H and O–H groups in total. The zero-order chi connectivity index (χ0) is 20.9. The number of para-hydroxylation sites is 2. The minimum atomic E-state index is 0.0831. The molecule has 0 atom stereocenters. The molecule has 154 valence electrons. The van der Waals surface area contributed by atoms with Crippen molar-refractivity contribution in [1.82, 2.24) is 4.90 Å². The van der Waals surface area contributed by atoms with Crippen LogP contribution in [0.4, 0.5) is 17.1 Å². The maximum Gasteiger partial charge on any atom is 0.245 e. The molecule has 30 heavy (non-hydrogen) atoms. The van der Waals surface area contributed by atoms with E-state index in [0.717, 1.165) is 42.6 Å². The molecule has 1 saturated heterocycles. The van der Waals surface area contributed by atoms with Gasteiger partial charge < -0.3 is 4.90 Å². The van der Waals surface area contributed by atoms with Crippen LogP contribution in [0.5, 0.6) is 0 Å². The first-order valence-corrected chi connectivity index (χ1v) is 10.7. The molecule has 4 nitrogen and oxygen atoms in total. The Morgan fingerprint density at radius 3 is 2.00 bits per heavy atom. The maximum atomic E-state index is 13.3. The van der Waals surface area contributed by atoms with Crippen LogP contribution in [0.25, 0.3) is 0 Å². The number of anilines is 3. The largest absolute Gasteiger partial charge is 0.369 e. The lowest BCUT2D eigenvalue weighted by atomic mass is 10.1. The second kappa shape index (κ2) is 9.33. The summed E-state index contributed by atoms with van der Waals surface area (Å²) in [6, 6.07) is 25.7. The molecule has 1 heterocycles. The van der Waals surface area contributed by atoms with E-state index in [9.17, 15) is 4.79 Å². The van der Waals surface area contributed by atoms with Gasteiger partial charge in [-0.1, -0.05) is 54.1 Å². The van der Waals surface area contributed by atoms with Crippen molar-refractivity contribution in [3.05, 3.63) is 89.4 Å². The van der Waals surface area contributed by atoms with Crippen LogP contribution in [0.1, 0.15) is 5.56 Å². The van der Waals surface area contributed by atoms with Crippen molar-refractivity contribution in [3.63, 3.8) is 0 Å². The SMILES string of the molecule is Cc1ccc(Cl)cc1N1CCN(CC(=O)N(c2ccccc2)c2ccccc2)CC1. The quantitative estimate of drug-likeness (QED) is 0.573. The minimum absolute atomic E-state index is 0.0831. The molecule has 0 radical (unpaired) electrons. The van der Waals surface area contributed by atoms with Gasteiger partial charge in [0, 0.05) is 48.3 Å². The summed E-state index contributed by atoms with van der Waals surface area (Å²) in [5, 5.41) is 0.759. The Kier molecular flexibility index (Phi) is 6.36. The molecule has 3 aromatic rings.